The molecule has 0 radical (unpaired) electrons. The van der Waals surface area contributed by atoms with E-state index in [0.29, 0.717) is 6.61 Å². The average molecular weight is 262 g/mol. The van der Waals surface area contributed by atoms with Crippen molar-refractivity contribution in [3.05, 3.63) is 66.1 Å². The second kappa shape index (κ2) is 4.23. The largest absolute Gasteiger partial charge is 0.483 e. The van der Waals surface area contributed by atoms with E-state index >= 15 is 0 Å². The van der Waals surface area contributed by atoms with Crippen LogP contribution in [0.2, 0.25) is 0 Å². The number of ether oxygens (including phenoxy) is 1. The van der Waals surface area contributed by atoms with Gasteiger partial charge in [0.1, 0.15) is 12.4 Å². The highest BCUT2D eigenvalue weighted by Gasteiger charge is 2.19. The van der Waals surface area contributed by atoms with Gasteiger partial charge >= 0.3 is 0 Å². The molecule has 0 atom stereocenters. The van der Waals surface area contributed by atoms with Gasteiger partial charge in [0.2, 0.25) is 0 Å². The van der Waals surface area contributed by atoms with Gasteiger partial charge in [-0.3, -0.25) is 4.57 Å². The Morgan fingerprint density at radius 3 is 2.80 bits per heavy atom. The lowest BCUT2D eigenvalue weighted by Crippen LogP contribution is -2.12. The molecule has 0 saturated heterocycles. The summed E-state index contributed by atoms with van der Waals surface area (Å²) in [6.45, 7) is 2.60. The first-order chi connectivity index (χ1) is 9.81. The van der Waals surface area contributed by atoms with E-state index in [1.54, 1.807) is 0 Å². The van der Waals surface area contributed by atoms with Gasteiger partial charge in [0.05, 0.1) is 11.4 Å². The van der Waals surface area contributed by atoms with Crippen LogP contribution >= 0.6 is 0 Å². The highest BCUT2D eigenvalue weighted by Crippen LogP contribution is 2.32. The minimum atomic E-state index is 0.517. The summed E-state index contributed by atoms with van der Waals surface area (Å²) in [5.74, 6) is 1.86. The Labute approximate surface area is 117 Å². The molecular formula is C17H14N2O. The third-order valence-corrected chi connectivity index (χ3v) is 3.58. The molecule has 0 N–H and O–H groups in total. The molecule has 0 bridgehead atoms. The number of fused-ring (bicyclic) bond motifs is 3. The van der Waals surface area contributed by atoms with Crippen LogP contribution in [0.15, 0.2) is 54.7 Å². The zero-order chi connectivity index (χ0) is 13.5. The zero-order valence-electron chi connectivity index (χ0n) is 11.2. The fourth-order valence-corrected chi connectivity index (χ4v) is 2.56. The lowest BCUT2D eigenvalue weighted by Gasteiger charge is -2.19. The summed E-state index contributed by atoms with van der Waals surface area (Å²) in [4.78, 5) is 4.69. The maximum Gasteiger partial charge on any atom is 0.152 e. The number of hydrogen-bond donors (Lipinski definition) is 0. The van der Waals surface area contributed by atoms with Crippen LogP contribution in [0.3, 0.4) is 0 Å². The number of benzene rings is 2. The first kappa shape index (κ1) is 11.3. The molecule has 98 valence electrons. The number of hydrogen-bond acceptors (Lipinski definition) is 2. The van der Waals surface area contributed by atoms with Gasteiger partial charge in [0.25, 0.3) is 0 Å². The zero-order valence-corrected chi connectivity index (χ0v) is 11.2. The molecule has 3 aromatic rings. The Hall–Kier alpha value is -2.55. The fourth-order valence-electron chi connectivity index (χ4n) is 2.56. The Balaban J connectivity index is 1.88. The first-order valence-corrected chi connectivity index (χ1v) is 6.69. The van der Waals surface area contributed by atoms with Gasteiger partial charge in [-0.1, -0.05) is 36.4 Å². The maximum absolute atomic E-state index is 5.77. The predicted molar refractivity (Wildman–Crippen MR) is 78.1 cm³/mol. The summed E-state index contributed by atoms with van der Waals surface area (Å²) in [5.41, 5.74) is 4.40. The molecule has 3 heteroatoms. The SMILES string of the molecule is Cc1ccc2c(c1)-n1cc(-c3ccccc3)nc1CO2. The standard InChI is InChI=1S/C17H14N2O/c1-12-7-8-16-15(9-12)19-10-14(18-17(19)11-20-16)13-5-3-2-4-6-13/h2-10H,11H2,1H3. The normalized spacial score (nSPS) is 12.4. The van der Waals surface area contributed by atoms with Gasteiger partial charge in [-0.05, 0) is 24.6 Å². The van der Waals surface area contributed by atoms with Gasteiger partial charge in [0, 0.05) is 11.8 Å². The molecule has 3 nitrogen and oxygen atoms in total. The van der Waals surface area contributed by atoms with Crippen LogP contribution in [0.1, 0.15) is 11.4 Å². The van der Waals surface area contributed by atoms with Crippen molar-refractivity contribution in [2.24, 2.45) is 0 Å². The summed E-state index contributed by atoms with van der Waals surface area (Å²) in [6.07, 6.45) is 2.09. The quantitative estimate of drug-likeness (QED) is 0.668. The second-order valence-corrected chi connectivity index (χ2v) is 5.04. The Morgan fingerprint density at radius 2 is 1.95 bits per heavy atom. The van der Waals surface area contributed by atoms with E-state index in [2.05, 4.69) is 46.9 Å². The first-order valence-electron chi connectivity index (χ1n) is 6.69. The molecule has 0 aliphatic carbocycles. The summed E-state index contributed by atoms with van der Waals surface area (Å²) in [5, 5.41) is 0. The topological polar surface area (TPSA) is 27.1 Å². The molecule has 1 aromatic heterocycles. The lowest BCUT2D eigenvalue weighted by molar-refractivity contribution is 0.279. The number of aryl methyl sites for hydroxylation is 1. The molecule has 0 saturated carbocycles. The molecule has 0 fully saturated rings. The molecular weight excluding hydrogens is 248 g/mol. The van der Waals surface area contributed by atoms with Crippen LogP contribution < -0.4 is 4.74 Å². The Kier molecular flexibility index (Phi) is 2.39. The molecule has 1 aliphatic rings. The van der Waals surface area contributed by atoms with Crippen LogP contribution in [0, 0.1) is 6.92 Å². The minimum absolute atomic E-state index is 0.517. The van der Waals surface area contributed by atoms with Crippen molar-refractivity contribution in [2.45, 2.75) is 13.5 Å². The molecule has 1 aliphatic heterocycles. The van der Waals surface area contributed by atoms with Crippen molar-refractivity contribution in [3.8, 4) is 22.7 Å². The third-order valence-electron chi connectivity index (χ3n) is 3.58. The van der Waals surface area contributed by atoms with Crippen LogP contribution in [0.25, 0.3) is 16.9 Å². The van der Waals surface area contributed by atoms with E-state index in [9.17, 15) is 0 Å². The lowest BCUT2D eigenvalue weighted by atomic mass is 10.2. The molecule has 4 rings (SSSR count). The van der Waals surface area contributed by atoms with Gasteiger partial charge in [-0.25, -0.2) is 4.98 Å². The van der Waals surface area contributed by atoms with Crippen LogP contribution in [-0.4, -0.2) is 9.55 Å². The molecule has 0 unspecified atom stereocenters. The molecule has 0 amide bonds. The van der Waals surface area contributed by atoms with Gasteiger partial charge in [-0.2, -0.15) is 0 Å². The van der Waals surface area contributed by atoms with Gasteiger partial charge in [0.15, 0.2) is 5.82 Å². The van der Waals surface area contributed by atoms with Crippen molar-refractivity contribution >= 4 is 0 Å². The van der Waals surface area contributed by atoms with Crippen molar-refractivity contribution in [1.29, 1.82) is 0 Å². The summed E-state index contributed by atoms with van der Waals surface area (Å²) >= 11 is 0. The van der Waals surface area contributed by atoms with E-state index in [0.717, 1.165) is 28.5 Å². The number of nitrogens with zero attached hydrogens (tertiary/aromatic N) is 2. The molecule has 0 spiro atoms. The highest BCUT2D eigenvalue weighted by atomic mass is 16.5. The average Bonchev–Trinajstić information content (AvgIpc) is 2.93. The van der Waals surface area contributed by atoms with Crippen LogP contribution in [0.5, 0.6) is 5.75 Å². The Bertz CT molecular complexity index is 775. The van der Waals surface area contributed by atoms with E-state index in [1.165, 1.54) is 5.56 Å². The summed E-state index contributed by atoms with van der Waals surface area (Å²) in [7, 11) is 0. The van der Waals surface area contributed by atoms with E-state index in [4.69, 9.17) is 4.74 Å². The van der Waals surface area contributed by atoms with E-state index in [1.807, 2.05) is 24.3 Å². The van der Waals surface area contributed by atoms with Crippen molar-refractivity contribution in [3.63, 3.8) is 0 Å². The van der Waals surface area contributed by atoms with Gasteiger partial charge < -0.3 is 4.74 Å². The highest BCUT2D eigenvalue weighted by molar-refractivity contribution is 5.61. The third kappa shape index (κ3) is 1.71. The minimum Gasteiger partial charge on any atom is -0.483 e. The van der Waals surface area contributed by atoms with E-state index < -0.39 is 0 Å². The predicted octanol–water partition coefficient (Wildman–Crippen LogP) is 3.74. The number of imidazole rings is 1. The van der Waals surface area contributed by atoms with Crippen molar-refractivity contribution < 1.29 is 4.74 Å². The number of aromatic nitrogens is 2. The van der Waals surface area contributed by atoms with E-state index in [-0.39, 0.29) is 0 Å². The van der Waals surface area contributed by atoms with Gasteiger partial charge in [-0.15, -0.1) is 0 Å². The second-order valence-electron chi connectivity index (χ2n) is 5.04. The fraction of sp³-hybridized carbons (Fsp3) is 0.118. The smallest absolute Gasteiger partial charge is 0.152 e. The number of rotatable bonds is 1. The van der Waals surface area contributed by atoms with Crippen LogP contribution in [0.4, 0.5) is 0 Å². The summed E-state index contributed by atoms with van der Waals surface area (Å²) < 4.78 is 7.90. The summed E-state index contributed by atoms with van der Waals surface area (Å²) in [6, 6.07) is 16.5. The van der Waals surface area contributed by atoms with Crippen molar-refractivity contribution in [1.82, 2.24) is 9.55 Å². The van der Waals surface area contributed by atoms with Crippen molar-refractivity contribution in [2.75, 3.05) is 0 Å². The Morgan fingerprint density at radius 1 is 1.10 bits per heavy atom. The monoisotopic (exact) mass is 262 g/mol. The molecule has 20 heavy (non-hydrogen) atoms. The molecule has 2 heterocycles. The maximum atomic E-state index is 5.77. The molecule has 2 aromatic carbocycles. The van der Waals surface area contributed by atoms with Crippen LogP contribution in [-0.2, 0) is 6.61 Å².